The zero-order valence-electron chi connectivity index (χ0n) is 14.1. The van der Waals surface area contributed by atoms with Gasteiger partial charge in [0.05, 0.1) is 12.3 Å². The number of piperidine rings is 1. The molecule has 1 heterocycles. The van der Waals surface area contributed by atoms with Crippen molar-refractivity contribution in [1.82, 2.24) is 9.80 Å². The molecule has 1 saturated heterocycles. The van der Waals surface area contributed by atoms with E-state index in [4.69, 9.17) is 5.11 Å². The fourth-order valence-electron chi connectivity index (χ4n) is 2.96. The second-order valence-corrected chi connectivity index (χ2v) is 6.98. The van der Waals surface area contributed by atoms with E-state index >= 15 is 0 Å². The molecule has 0 aromatic heterocycles. The van der Waals surface area contributed by atoms with Crippen molar-refractivity contribution in [3.63, 3.8) is 0 Å². The molecule has 1 amide bonds. The van der Waals surface area contributed by atoms with Crippen LogP contribution in [-0.2, 0) is 9.59 Å². The molecule has 1 fully saturated rings. The van der Waals surface area contributed by atoms with Gasteiger partial charge in [0.2, 0.25) is 5.91 Å². The SMILES string of the molecule is CCN(CC(=O)O)C1CCN(C(=O)CSc2ccc(F)c(F)c2)CC1. The summed E-state index contributed by atoms with van der Waals surface area (Å²) in [7, 11) is 0. The van der Waals surface area contributed by atoms with Crippen molar-refractivity contribution in [1.29, 1.82) is 0 Å². The van der Waals surface area contributed by atoms with Crippen LogP contribution in [0.2, 0.25) is 0 Å². The van der Waals surface area contributed by atoms with E-state index in [2.05, 4.69) is 0 Å². The summed E-state index contributed by atoms with van der Waals surface area (Å²) in [6.07, 6.45) is 1.48. The van der Waals surface area contributed by atoms with Gasteiger partial charge in [0, 0.05) is 24.0 Å². The standard InChI is InChI=1S/C17H22F2N2O3S/c1-2-20(10-17(23)24)12-5-7-21(8-6-12)16(22)11-25-13-3-4-14(18)15(19)9-13/h3-4,9,12H,2,5-8,10-11H2,1H3,(H,23,24). The Morgan fingerprint density at radius 2 is 1.96 bits per heavy atom. The highest BCUT2D eigenvalue weighted by atomic mass is 32.2. The van der Waals surface area contributed by atoms with Gasteiger partial charge in [-0.3, -0.25) is 14.5 Å². The lowest BCUT2D eigenvalue weighted by Gasteiger charge is -2.37. The fraction of sp³-hybridized carbons (Fsp3) is 0.529. The predicted molar refractivity (Wildman–Crippen MR) is 91.6 cm³/mol. The molecule has 0 bridgehead atoms. The predicted octanol–water partition coefficient (Wildman–Crippen LogP) is 2.45. The van der Waals surface area contributed by atoms with E-state index < -0.39 is 17.6 Å². The van der Waals surface area contributed by atoms with Gasteiger partial charge in [-0.15, -0.1) is 11.8 Å². The first kappa shape index (κ1) is 19.7. The van der Waals surface area contributed by atoms with Crippen molar-refractivity contribution in [2.75, 3.05) is 31.9 Å². The topological polar surface area (TPSA) is 60.9 Å². The average molecular weight is 372 g/mol. The number of hydrogen-bond acceptors (Lipinski definition) is 4. The third-order valence-electron chi connectivity index (χ3n) is 4.33. The quantitative estimate of drug-likeness (QED) is 0.745. The number of carboxylic acids is 1. The molecule has 1 aromatic carbocycles. The molecular weight excluding hydrogens is 350 g/mol. The summed E-state index contributed by atoms with van der Waals surface area (Å²) in [6.45, 7) is 3.77. The van der Waals surface area contributed by atoms with E-state index in [1.807, 2.05) is 11.8 Å². The maximum absolute atomic E-state index is 13.2. The van der Waals surface area contributed by atoms with Gasteiger partial charge in [-0.2, -0.15) is 0 Å². The van der Waals surface area contributed by atoms with Gasteiger partial charge >= 0.3 is 5.97 Å². The van der Waals surface area contributed by atoms with Crippen molar-refractivity contribution < 1.29 is 23.5 Å². The van der Waals surface area contributed by atoms with Crippen LogP contribution in [0, 0.1) is 11.6 Å². The first-order chi connectivity index (χ1) is 11.9. The van der Waals surface area contributed by atoms with E-state index in [1.54, 1.807) is 4.90 Å². The van der Waals surface area contributed by atoms with E-state index in [1.165, 1.54) is 17.8 Å². The molecule has 138 valence electrons. The summed E-state index contributed by atoms with van der Waals surface area (Å²) in [5, 5.41) is 8.94. The summed E-state index contributed by atoms with van der Waals surface area (Å²) in [5.74, 6) is -2.55. The molecule has 2 rings (SSSR count). The molecule has 0 saturated carbocycles. The van der Waals surface area contributed by atoms with Gasteiger partial charge < -0.3 is 10.0 Å². The van der Waals surface area contributed by atoms with Crippen molar-refractivity contribution >= 4 is 23.6 Å². The van der Waals surface area contributed by atoms with E-state index in [9.17, 15) is 18.4 Å². The number of thioether (sulfide) groups is 1. The highest BCUT2D eigenvalue weighted by molar-refractivity contribution is 8.00. The number of benzene rings is 1. The number of likely N-dealkylation sites (tertiary alicyclic amines) is 1. The number of carbonyl (C=O) groups is 2. The molecule has 0 unspecified atom stereocenters. The second-order valence-electron chi connectivity index (χ2n) is 5.93. The smallest absolute Gasteiger partial charge is 0.317 e. The monoisotopic (exact) mass is 372 g/mol. The third-order valence-corrected chi connectivity index (χ3v) is 5.31. The van der Waals surface area contributed by atoms with Gasteiger partial charge in [-0.25, -0.2) is 8.78 Å². The molecule has 8 heteroatoms. The van der Waals surface area contributed by atoms with Crippen molar-refractivity contribution in [3.05, 3.63) is 29.8 Å². The van der Waals surface area contributed by atoms with Crippen LogP contribution in [-0.4, -0.2) is 64.8 Å². The van der Waals surface area contributed by atoms with Crippen LogP contribution in [0.15, 0.2) is 23.1 Å². The van der Waals surface area contributed by atoms with Gasteiger partial charge in [-0.05, 0) is 37.6 Å². The van der Waals surface area contributed by atoms with Crippen LogP contribution < -0.4 is 0 Å². The lowest BCUT2D eigenvalue weighted by molar-refractivity contribution is -0.140. The Labute approximate surface area is 150 Å². The van der Waals surface area contributed by atoms with Crippen molar-refractivity contribution in [3.8, 4) is 0 Å². The molecule has 1 aromatic rings. The summed E-state index contributed by atoms with van der Waals surface area (Å²) in [5.41, 5.74) is 0. The Morgan fingerprint density at radius 1 is 1.28 bits per heavy atom. The zero-order chi connectivity index (χ0) is 18.4. The normalized spacial score (nSPS) is 15.6. The van der Waals surface area contributed by atoms with Crippen LogP contribution in [0.4, 0.5) is 8.78 Å². The molecule has 0 radical (unpaired) electrons. The van der Waals surface area contributed by atoms with E-state index in [0.717, 1.165) is 25.0 Å². The Balaban J connectivity index is 1.80. The molecule has 1 aliphatic heterocycles. The van der Waals surface area contributed by atoms with E-state index in [0.29, 0.717) is 24.5 Å². The molecule has 0 spiro atoms. The van der Waals surface area contributed by atoms with Crippen LogP contribution in [0.5, 0.6) is 0 Å². The Morgan fingerprint density at radius 3 is 2.52 bits per heavy atom. The maximum Gasteiger partial charge on any atom is 0.317 e. The number of likely N-dealkylation sites (N-methyl/N-ethyl adjacent to an activating group) is 1. The second kappa shape index (κ2) is 9.15. The Hall–Kier alpha value is -1.67. The molecular formula is C17H22F2N2O3S. The number of carboxylic acid groups (broad SMARTS) is 1. The van der Waals surface area contributed by atoms with Crippen molar-refractivity contribution in [2.24, 2.45) is 0 Å². The van der Waals surface area contributed by atoms with Crippen LogP contribution in [0.25, 0.3) is 0 Å². The summed E-state index contributed by atoms with van der Waals surface area (Å²) >= 11 is 1.18. The molecule has 25 heavy (non-hydrogen) atoms. The summed E-state index contributed by atoms with van der Waals surface area (Å²) in [6, 6.07) is 3.76. The van der Waals surface area contributed by atoms with Gasteiger partial charge in [-0.1, -0.05) is 6.92 Å². The Bertz CT molecular complexity index is 622. The number of carbonyl (C=O) groups excluding carboxylic acids is 1. The number of halogens is 2. The lowest BCUT2D eigenvalue weighted by atomic mass is 10.0. The first-order valence-corrected chi connectivity index (χ1v) is 9.20. The maximum atomic E-state index is 13.2. The summed E-state index contributed by atoms with van der Waals surface area (Å²) in [4.78, 5) is 27.3. The van der Waals surface area contributed by atoms with Gasteiger partial charge in [0.15, 0.2) is 11.6 Å². The molecule has 1 aliphatic rings. The molecule has 1 N–H and O–H groups in total. The molecule has 5 nitrogen and oxygen atoms in total. The van der Waals surface area contributed by atoms with Crippen LogP contribution >= 0.6 is 11.8 Å². The van der Waals surface area contributed by atoms with Crippen LogP contribution in [0.3, 0.4) is 0 Å². The lowest BCUT2D eigenvalue weighted by Crippen LogP contribution is -2.48. The molecule has 0 aliphatic carbocycles. The highest BCUT2D eigenvalue weighted by Gasteiger charge is 2.27. The number of nitrogens with zero attached hydrogens (tertiary/aromatic N) is 2. The largest absolute Gasteiger partial charge is 0.480 e. The number of rotatable bonds is 7. The van der Waals surface area contributed by atoms with Crippen LogP contribution in [0.1, 0.15) is 19.8 Å². The summed E-state index contributed by atoms with van der Waals surface area (Å²) < 4.78 is 26.1. The third kappa shape index (κ3) is 5.67. The fourth-order valence-corrected chi connectivity index (χ4v) is 3.78. The average Bonchev–Trinajstić information content (AvgIpc) is 2.60. The minimum Gasteiger partial charge on any atom is -0.480 e. The Kier molecular flexibility index (Phi) is 7.19. The minimum absolute atomic E-state index is 0.0150. The van der Waals surface area contributed by atoms with Gasteiger partial charge in [0.25, 0.3) is 0 Å². The van der Waals surface area contributed by atoms with Crippen molar-refractivity contribution in [2.45, 2.75) is 30.7 Å². The highest BCUT2D eigenvalue weighted by Crippen LogP contribution is 2.22. The first-order valence-electron chi connectivity index (χ1n) is 8.22. The number of amides is 1. The minimum atomic E-state index is -0.920. The zero-order valence-corrected chi connectivity index (χ0v) is 14.9. The van der Waals surface area contributed by atoms with E-state index in [-0.39, 0.29) is 24.2 Å². The van der Waals surface area contributed by atoms with Gasteiger partial charge in [0.1, 0.15) is 0 Å². The molecule has 0 atom stereocenters. The number of aliphatic carboxylic acids is 1. The number of hydrogen-bond donors (Lipinski definition) is 1.